The normalized spacial score (nSPS) is 17.5. The molecule has 1 saturated carbocycles. The van der Waals surface area contributed by atoms with Crippen molar-refractivity contribution in [3.8, 4) is 0 Å². The zero-order chi connectivity index (χ0) is 13.9. The highest BCUT2D eigenvalue weighted by atomic mass is 19.1. The Morgan fingerprint density at radius 1 is 1.42 bits per heavy atom. The first-order chi connectivity index (χ1) is 9.08. The van der Waals surface area contributed by atoms with E-state index in [0.29, 0.717) is 18.7 Å². The molecule has 0 unspecified atom stereocenters. The van der Waals surface area contributed by atoms with Crippen LogP contribution in [-0.2, 0) is 6.54 Å². The number of hydrogen-bond donors (Lipinski definition) is 4. The molecule has 6 heteroatoms. The standard InChI is InChI=1S/C13H18FN3O2/c14-11-4-9(3-10(5-11)12(15)17-19)6-16-7-13(8-18)1-2-13/h3-5,16,18-19H,1-2,6-8H2,(H2,15,17). The van der Waals surface area contributed by atoms with Crippen LogP contribution in [0.25, 0.3) is 0 Å². The van der Waals surface area contributed by atoms with Gasteiger partial charge in [-0.25, -0.2) is 4.39 Å². The number of nitrogens with two attached hydrogens (primary N) is 1. The second-order valence-electron chi connectivity index (χ2n) is 5.10. The van der Waals surface area contributed by atoms with Gasteiger partial charge in [0.25, 0.3) is 0 Å². The number of rotatable bonds is 6. The molecular weight excluding hydrogens is 249 g/mol. The smallest absolute Gasteiger partial charge is 0.170 e. The van der Waals surface area contributed by atoms with Gasteiger partial charge in [-0.1, -0.05) is 5.16 Å². The Hall–Kier alpha value is -1.66. The van der Waals surface area contributed by atoms with Crippen molar-refractivity contribution in [1.29, 1.82) is 0 Å². The van der Waals surface area contributed by atoms with Crippen molar-refractivity contribution in [2.24, 2.45) is 16.3 Å². The topological polar surface area (TPSA) is 90.9 Å². The van der Waals surface area contributed by atoms with Gasteiger partial charge < -0.3 is 21.4 Å². The molecule has 0 aromatic heterocycles. The van der Waals surface area contributed by atoms with E-state index in [4.69, 9.17) is 10.9 Å². The Balaban J connectivity index is 1.98. The molecule has 0 heterocycles. The molecule has 0 amide bonds. The first-order valence-electron chi connectivity index (χ1n) is 6.17. The molecule has 5 nitrogen and oxygen atoms in total. The van der Waals surface area contributed by atoms with Gasteiger partial charge in [-0.2, -0.15) is 0 Å². The Morgan fingerprint density at radius 3 is 2.74 bits per heavy atom. The first-order valence-corrected chi connectivity index (χ1v) is 6.17. The molecule has 0 radical (unpaired) electrons. The van der Waals surface area contributed by atoms with Crippen molar-refractivity contribution in [3.63, 3.8) is 0 Å². The van der Waals surface area contributed by atoms with Crippen molar-refractivity contribution in [1.82, 2.24) is 5.32 Å². The number of hydrogen-bond acceptors (Lipinski definition) is 4. The monoisotopic (exact) mass is 267 g/mol. The van der Waals surface area contributed by atoms with Gasteiger partial charge in [-0.05, 0) is 36.6 Å². The van der Waals surface area contributed by atoms with E-state index in [9.17, 15) is 9.50 Å². The second kappa shape index (κ2) is 5.54. The van der Waals surface area contributed by atoms with E-state index in [1.807, 2.05) is 0 Å². The van der Waals surface area contributed by atoms with Gasteiger partial charge in [0.05, 0.1) is 0 Å². The van der Waals surface area contributed by atoms with Crippen molar-refractivity contribution < 1.29 is 14.7 Å². The number of benzene rings is 1. The third kappa shape index (κ3) is 3.42. The zero-order valence-electron chi connectivity index (χ0n) is 10.6. The average molecular weight is 267 g/mol. The highest BCUT2D eigenvalue weighted by Crippen LogP contribution is 2.44. The number of amidine groups is 1. The maximum absolute atomic E-state index is 13.4. The summed E-state index contributed by atoms with van der Waals surface area (Å²) in [6, 6.07) is 4.29. The number of oxime groups is 1. The minimum absolute atomic E-state index is 0.0156. The van der Waals surface area contributed by atoms with Crippen LogP contribution >= 0.6 is 0 Å². The predicted molar refractivity (Wildman–Crippen MR) is 69.4 cm³/mol. The number of aliphatic hydroxyl groups excluding tert-OH is 1. The molecular formula is C13H18FN3O2. The molecule has 1 aliphatic carbocycles. The lowest BCUT2D eigenvalue weighted by Crippen LogP contribution is -2.26. The fourth-order valence-corrected chi connectivity index (χ4v) is 2.00. The lowest BCUT2D eigenvalue weighted by atomic mass is 10.1. The molecule has 0 aliphatic heterocycles. The quantitative estimate of drug-likeness (QED) is 0.265. The average Bonchev–Trinajstić information content (AvgIpc) is 3.18. The van der Waals surface area contributed by atoms with Crippen LogP contribution in [0, 0.1) is 11.2 Å². The van der Waals surface area contributed by atoms with Crippen LogP contribution < -0.4 is 11.1 Å². The van der Waals surface area contributed by atoms with E-state index < -0.39 is 5.82 Å². The predicted octanol–water partition coefficient (Wildman–Crippen LogP) is 0.782. The number of nitrogens with zero attached hydrogens (tertiary/aromatic N) is 1. The molecule has 1 fully saturated rings. The van der Waals surface area contributed by atoms with E-state index in [1.54, 1.807) is 6.07 Å². The summed E-state index contributed by atoms with van der Waals surface area (Å²) in [5.41, 5.74) is 6.52. The fourth-order valence-electron chi connectivity index (χ4n) is 2.00. The molecule has 1 aliphatic rings. The third-order valence-electron chi connectivity index (χ3n) is 3.48. The fraction of sp³-hybridized carbons (Fsp3) is 0.462. The minimum Gasteiger partial charge on any atom is -0.409 e. The molecule has 0 saturated heterocycles. The summed E-state index contributed by atoms with van der Waals surface area (Å²) in [6.45, 7) is 1.36. The maximum Gasteiger partial charge on any atom is 0.170 e. The van der Waals surface area contributed by atoms with Gasteiger partial charge in [-0.15, -0.1) is 0 Å². The van der Waals surface area contributed by atoms with Gasteiger partial charge in [0.1, 0.15) is 5.82 Å². The van der Waals surface area contributed by atoms with E-state index in [-0.39, 0.29) is 17.9 Å². The maximum atomic E-state index is 13.4. The summed E-state index contributed by atoms with van der Waals surface area (Å²) in [7, 11) is 0. The van der Waals surface area contributed by atoms with E-state index in [0.717, 1.165) is 18.4 Å². The molecule has 0 bridgehead atoms. The van der Waals surface area contributed by atoms with Crippen molar-refractivity contribution in [2.75, 3.05) is 13.2 Å². The van der Waals surface area contributed by atoms with Gasteiger partial charge in [0.2, 0.25) is 0 Å². The number of nitrogens with one attached hydrogen (secondary N) is 1. The molecule has 5 N–H and O–H groups in total. The van der Waals surface area contributed by atoms with Gasteiger partial charge in [-0.3, -0.25) is 0 Å². The Labute approximate surface area is 110 Å². The third-order valence-corrected chi connectivity index (χ3v) is 3.48. The van der Waals surface area contributed by atoms with Gasteiger partial charge >= 0.3 is 0 Å². The molecule has 104 valence electrons. The molecule has 2 rings (SSSR count). The van der Waals surface area contributed by atoms with Crippen LogP contribution in [0.3, 0.4) is 0 Å². The highest BCUT2D eigenvalue weighted by Gasteiger charge is 2.41. The van der Waals surface area contributed by atoms with Crippen LogP contribution in [0.2, 0.25) is 0 Å². The minimum atomic E-state index is -0.427. The molecule has 0 spiro atoms. The zero-order valence-corrected chi connectivity index (χ0v) is 10.6. The summed E-state index contributed by atoms with van der Waals surface area (Å²) in [6.07, 6.45) is 2.05. The molecule has 0 atom stereocenters. The lowest BCUT2D eigenvalue weighted by molar-refractivity contribution is 0.207. The summed E-state index contributed by atoms with van der Waals surface area (Å²) < 4.78 is 13.4. The first kappa shape index (κ1) is 13.8. The van der Waals surface area contributed by atoms with Crippen LogP contribution in [0.15, 0.2) is 23.4 Å². The largest absolute Gasteiger partial charge is 0.409 e. The highest BCUT2D eigenvalue weighted by molar-refractivity contribution is 5.97. The summed E-state index contributed by atoms with van der Waals surface area (Å²) in [5, 5.41) is 23.8. The Bertz CT molecular complexity index is 487. The van der Waals surface area contributed by atoms with Crippen molar-refractivity contribution in [2.45, 2.75) is 19.4 Å². The number of aliphatic hydroxyl groups is 1. The van der Waals surface area contributed by atoms with Crippen LogP contribution in [0.5, 0.6) is 0 Å². The van der Waals surface area contributed by atoms with Gasteiger partial charge in [0, 0.05) is 30.7 Å². The molecule has 19 heavy (non-hydrogen) atoms. The van der Waals surface area contributed by atoms with Gasteiger partial charge in [0.15, 0.2) is 5.84 Å². The Morgan fingerprint density at radius 2 is 2.16 bits per heavy atom. The summed E-state index contributed by atoms with van der Waals surface area (Å²) in [5.74, 6) is -0.543. The van der Waals surface area contributed by atoms with E-state index in [2.05, 4.69) is 10.5 Å². The summed E-state index contributed by atoms with van der Waals surface area (Å²) >= 11 is 0. The summed E-state index contributed by atoms with van der Waals surface area (Å²) in [4.78, 5) is 0. The Kier molecular flexibility index (Phi) is 4.01. The van der Waals surface area contributed by atoms with Crippen LogP contribution in [-0.4, -0.2) is 29.3 Å². The molecule has 1 aromatic carbocycles. The van der Waals surface area contributed by atoms with Crippen LogP contribution in [0.4, 0.5) is 4.39 Å². The SMILES string of the molecule is N/C(=N/O)c1cc(F)cc(CNCC2(CO)CC2)c1. The second-order valence-corrected chi connectivity index (χ2v) is 5.10. The number of halogens is 1. The van der Waals surface area contributed by atoms with Crippen molar-refractivity contribution in [3.05, 3.63) is 35.1 Å². The van der Waals surface area contributed by atoms with Crippen LogP contribution in [0.1, 0.15) is 24.0 Å². The van der Waals surface area contributed by atoms with Crippen molar-refractivity contribution >= 4 is 5.84 Å². The molecule has 1 aromatic rings. The van der Waals surface area contributed by atoms with E-state index in [1.165, 1.54) is 12.1 Å². The van der Waals surface area contributed by atoms with E-state index >= 15 is 0 Å². The lowest BCUT2D eigenvalue weighted by Gasteiger charge is -2.13.